The number of H-pyrrole nitrogens is 1. The van der Waals surface area contributed by atoms with Gasteiger partial charge in [0.25, 0.3) is 0 Å². The Bertz CT molecular complexity index is 992. The van der Waals surface area contributed by atoms with Crippen molar-refractivity contribution >= 4 is 32.6 Å². The average Bonchev–Trinajstić information content (AvgIpc) is 3.51. The molecule has 1 heterocycles. The van der Waals surface area contributed by atoms with Crippen LogP contribution in [0.4, 0.5) is 0 Å². The van der Waals surface area contributed by atoms with E-state index in [9.17, 15) is 0 Å². The van der Waals surface area contributed by atoms with E-state index in [4.69, 9.17) is 4.98 Å². The summed E-state index contributed by atoms with van der Waals surface area (Å²) in [6.07, 6.45) is 18.3. The summed E-state index contributed by atoms with van der Waals surface area (Å²) >= 11 is 0. The second kappa shape index (κ2) is 8.67. The third-order valence-corrected chi connectivity index (χ3v) is 4.86. The van der Waals surface area contributed by atoms with E-state index >= 15 is 0 Å². The molecule has 10 radical (unpaired) electrons. The molecule has 134 valence electrons. The Morgan fingerprint density at radius 3 is 1.68 bits per heavy atom. The summed E-state index contributed by atoms with van der Waals surface area (Å²) in [4.78, 5) is 8.40. The molecule has 2 saturated carbocycles. The Balaban J connectivity index is 0.000000282. The van der Waals surface area contributed by atoms with Gasteiger partial charge < -0.3 is 4.98 Å². The molecule has 6 rings (SSSR count). The first-order valence-electron chi connectivity index (χ1n) is 9.10. The molecule has 0 aliphatic heterocycles. The van der Waals surface area contributed by atoms with Gasteiger partial charge in [0, 0.05) is 16.7 Å². The van der Waals surface area contributed by atoms with Crippen molar-refractivity contribution in [2.24, 2.45) is 0 Å². The second-order valence-corrected chi connectivity index (χ2v) is 6.54. The number of hydrogen-bond acceptors (Lipinski definition) is 1. The molecular weight excluding hydrogens is 384 g/mol. The largest absolute Gasteiger partial charge is 2.00 e. The summed E-state index contributed by atoms with van der Waals surface area (Å²) in [5, 5.41) is 4.95. The molecule has 0 saturated heterocycles. The Hall–Kier alpha value is -1.83. The standard InChI is InChI=1S/C20H13N2.C5H5.Fe/c1-2-8-13(7-1)20-21-18-16-11-5-3-9-14(16)15-10-4-6-12-17(15)19(18)22-20;1-2-4-5-3-1;/h1-12H,(H,21,22);1-5H;/q;;+2. The van der Waals surface area contributed by atoms with Crippen LogP contribution >= 0.6 is 0 Å². The van der Waals surface area contributed by atoms with Crippen LogP contribution in [0.15, 0.2) is 48.5 Å². The number of benzene rings is 3. The van der Waals surface area contributed by atoms with Crippen LogP contribution in [0, 0.1) is 63.7 Å². The van der Waals surface area contributed by atoms with Gasteiger partial charge in [-0.05, 0) is 68.6 Å². The van der Waals surface area contributed by atoms with Gasteiger partial charge in [0.1, 0.15) is 5.82 Å². The van der Waals surface area contributed by atoms with Crippen molar-refractivity contribution in [2.45, 2.75) is 0 Å². The van der Waals surface area contributed by atoms with Crippen LogP contribution in [0.3, 0.4) is 0 Å². The minimum absolute atomic E-state index is 0. The van der Waals surface area contributed by atoms with Gasteiger partial charge in [0.2, 0.25) is 0 Å². The Kier molecular flexibility index (Phi) is 6.04. The minimum atomic E-state index is 0. The molecule has 4 aromatic rings. The third-order valence-electron chi connectivity index (χ3n) is 4.86. The van der Waals surface area contributed by atoms with Crippen LogP contribution in [0.25, 0.3) is 32.6 Å². The number of aromatic nitrogens is 2. The maximum Gasteiger partial charge on any atom is 2.00 e. The molecule has 0 spiro atoms. The summed E-state index contributed by atoms with van der Waals surface area (Å²) in [6.45, 7) is 0. The van der Waals surface area contributed by atoms with Crippen molar-refractivity contribution in [3.8, 4) is 0 Å². The number of nitrogens with zero attached hydrogens (tertiary/aromatic N) is 1. The van der Waals surface area contributed by atoms with E-state index in [1.54, 1.807) is 0 Å². The third kappa shape index (κ3) is 3.58. The zero-order valence-corrected chi connectivity index (χ0v) is 16.2. The number of rotatable bonds is 1. The van der Waals surface area contributed by atoms with Gasteiger partial charge in [0.05, 0.1) is 11.0 Å². The number of imidazole rings is 1. The van der Waals surface area contributed by atoms with Crippen molar-refractivity contribution in [3.05, 3.63) is 118 Å². The van der Waals surface area contributed by atoms with E-state index in [1.165, 1.54) is 21.5 Å². The average molecular weight is 402 g/mol. The van der Waals surface area contributed by atoms with Crippen molar-refractivity contribution in [1.82, 2.24) is 9.97 Å². The van der Waals surface area contributed by atoms with Gasteiger partial charge in [-0.2, -0.15) is 0 Å². The van der Waals surface area contributed by atoms with E-state index in [0.717, 1.165) is 22.8 Å². The maximum absolute atomic E-state index is 4.88. The molecule has 3 heteroatoms. The fraction of sp³-hybridized carbons (Fsp3) is 0. The summed E-state index contributed by atoms with van der Waals surface area (Å²) in [5.74, 6) is 2.06. The minimum Gasteiger partial charge on any atom is -0.341 e. The monoisotopic (exact) mass is 402 g/mol. The van der Waals surface area contributed by atoms with Crippen molar-refractivity contribution in [2.75, 3.05) is 0 Å². The van der Waals surface area contributed by atoms with Crippen molar-refractivity contribution in [1.29, 1.82) is 0 Å². The fourth-order valence-corrected chi connectivity index (χ4v) is 3.61. The molecule has 1 N–H and O–H groups in total. The molecule has 2 aliphatic rings. The molecular formula is C25H18FeN2+2. The van der Waals surface area contributed by atoms with Gasteiger partial charge in [-0.25, -0.2) is 4.98 Å². The Labute approximate surface area is 177 Å². The van der Waals surface area contributed by atoms with Crippen LogP contribution < -0.4 is 0 Å². The van der Waals surface area contributed by atoms with E-state index in [1.807, 2.05) is 44.9 Å². The van der Waals surface area contributed by atoms with Crippen LogP contribution in [0.1, 0.15) is 5.82 Å². The van der Waals surface area contributed by atoms with Gasteiger partial charge in [-0.15, -0.1) is 0 Å². The summed E-state index contributed by atoms with van der Waals surface area (Å²) < 4.78 is 0. The first-order chi connectivity index (χ1) is 13.4. The number of aromatic amines is 1. The topological polar surface area (TPSA) is 28.7 Å². The number of fused-ring (bicyclic) bond motifs is 6. The molecule has 2 aliphatic carbocycles. The molecule has 2 nitrogen and oxygen atoms in total. The summed E-state index contributed by atoms with van der Waals surface area (Å²) in [7, 11) is 0. The Morgan fingerprint density at radius 1 is 0.571 bits per heavy atom. The predicted octanol–water partition coefficient (Wildman–Crippen LogP) is 5.64. The van der Waals surface area contributed by atoms with E-state index in [2.05, 4.69) is 66.4 Å². The first kappa shape index (κ1) is 19.5. The van der Waals surface area contributed by atoms with E-state index < -0.39 is 0 Å². The van der Waals surface area contributed by atoms with E-state index in [0.29, 0.717) is 0 Å². The molecule has 1 aromatic heterocycles. The number of hydrogen-bond donors (Lipinski definition) is 1. The molecule has 3 aromatic carbocycles. The van der Waals surface area contributed by atoms with Crippen LogP contribution in [-0.2, 0) is 17.1 Å². The first-order valence-corrected chi connectivity index (χ1v) is 9.10. The zero-order chi connectivity index (χ0) is 18.1. The van der Waals surface area contributed by atoms with Gasteiger partial charge in [-0.1, -0.05) is 48.5 Å². The molecule has 28 heavy (non-hydrogen) atoms. The number of nitrogens with one attached hydrogen (secondary N) is 1. The quantitative estimate of drug-likeness (QED) is 0.324. The molecule has 2 fully saturated rings. The molecule has 0 unspecified atom stereocenters. The summed E-state index contributed by atoms with van der Waals surface area (Å²) in [5.41, 5.74) is 2.16. The van der Waals surface area contributed by atoms with Crippen LogP contribution in [0.5, 0.6) is 0 Å². The summed E-state index contributed by atoms with van der Waals surface area (Å²) in [6, 6.07) is 17.0. The molecule has 0 amide bonds. The van der Waals surface area contributed by atoms with E-state index in [-0.39, 0.29) is 17.1 Å². The smallest absolute Gasteiger partial charge is 0.341 e. The van der Waals surface area contributed by atoms with Crippen LogP contribution in [-0.4, -0.2) is 9.97 Å². The van der Waals surface area contributed by atoms with Gasteiger partial charge in [-0.3, -0.25) is 0 Å². The molecule has 0 atom stereocenters. The predicted molar refractivity (Wildman–Crippen MR) is 112 cm³/mol. The normalized spacial score (nSPS) is 17.0. The second-order valence-electron chi connectivity index (χ2n) is 6.54. The van der Waals surface area contributed by atoms with Crippen LogP contribution in [0.2, 0.25) is 0 Å². The van der Waals surface area contributed by atoms with Gasteiger partial charge >= 0.3 is 17.1 Å². The fourth-order valence-electron chi connectivity index (χ4n) is 3.61. The van der Waals surface area contributed by atoms with Gasteiger partial charge in [0.15, 0.2) is 0 Å². The van der Waals surface area contributed by atoms with Crippen molar-refractivity contribution in [3.63, 3.8) is 0 Å². The Morgan fingerprint density at radius 2 is 1.07 bits per heavy atom. The SMILES string of the molecule is [CH]1[CH][CH][CH][CH]1.[CH]1[CH][CH][C](c2nc3c4ccccc4c4ccccc4c3[nH]2)[CH]1.[Fe+2]. The van der Waals surface area contributed by atoms with Crippen molar-refractivity contribution < 1.29 is 17.1 Å². The molecule has 0 bridgehead atoms. The zero-order valence-electron chi connectivity index (χ0n) is 15.1. The maximum atomic E-state index is 4.88.